The van der Waals surface area contributed by atoms with Gasteiger partial charge in [-0.05, 0) is 18.8 Å². The van der Waals surface area contributed by atoms with E-state index in [-0.39, 0.29) is 0 Å². The second-order valence-electron chi connectivity index (χ2n) is 2.61. The summed E-state index contributed by atoms with van der Waals surface area (Å²) in [6, 6.07) is 0. The zero-order chi connectivity index (χ0) is 7.28. The van der Waals surface area contributed by atoms with Crippen LogP contribution in [0.1, 0.15) is 26.7 Å². The second kappa shape index (κ2) is 5.96. The van der Waals surface area contributed by atoms with Crippen molar-refractivity contribution in [3.63, 3.8) is 0 Å². The molecule has 1 fully saturated rings. The van der Waals surface area contributed by atoms with Crippen molar-refractivity contribution in [2.24, 2.45) is 5.92 Å². The zero-order valence-electron chi connectivity index (χ0n) is 6.03. The molecule has 0 nitrogen and oxygen atoms in total. The number of hydrogen-bond acceptors (Lipinski definition) is 0. The van der Waals surface area contributed by atoms with Gasteiger partial charge in [-0.1, -0.05) is 52.4 Å². The molecule has 56 valence electrons. The lowest BCUT2D eigenvalue weighted by molar-refractivity contribution is 1.01. The summed E-state index contributed by atoms with van der Waals surface area (Å²) in [5.41, 5.74) is 0. The first-order chi connectivity index (χ1) is 4.16. The van der Waals surface area contributed by atoms with Crippen LogP contribution in [0.15, 0.2) is 0 Å². The van der Waals surface area contributed by atoms with Gasteiger partial charge in [0, 0.05) is 9.25 Å². The lowest BCUT2D eigenvalue weighted by atomic mass is 10.5. The van der Waals surface area contributed by atoms with Crippen molar-refractivity contribution in [1.29, 1.82) is 0 Å². The highest BCUT2D eigenvalue weighted by atomic mass is 127. The topological polar surface area (TPSA) is 0 Å². The van der Waals surface area contributed by atoms with E-state index in [1.54, 1.807) is 0 Å². The maximum absolute atomic E-state index is 3.38. The van der Waals surface area contributed by atoms with Gasteiger partial charge in [-0.2, -0.15) is 0 Å². The summed E-state index contributed by atoms with van der Waals surface area (Å²) < 4.78 is 0.803. The van der Waals surface area contributed by atoms with Gasteiger partial charge in [-0.15, -0.1) is 0 Å². The van der Waals surface area contributed by atoms with Crippen molar-refractivity contribution in [2.45, 2.75) is 30.6 Å². The van der Waals surface area contributed by atoms with E-state index in [9.17, 15) is 0 Å². The molecule has 1 aliphatic carbocycles. The Kier molecular flexibility index (Phi) is 6.76. The monoisotopic (exact) mass is 304 g/mol. The molecule has 1 saturated carbocycles. The van der Waals surface area contributed by atoms with Gasteiger partial charge < -0.3 is 0 Å². The predicted molar refractivity (Wildman–Crippen MR) is 55.7 cm³/mol. The summed E-state index contributed by atoms with van der Waals surface area (Å²) in [4.78, 5) is 0. The molecule has 0 aromatic carbocycles. The molecular formula is C7H14BrI. The minimum absolute atomic E-state index is 0.803. The van der Waals surface area contributed by atoms with Gasteiger partial charge in [0.15, 0.2) is 0 Å². The van der Waals surface area contributed by atoms with E-state index in [2.05, 4.69) is 52.4 Å². The first-order valence-corrected chi connectivity index (χ1v) is 5.73. The first kappa shape index (κ1) is 10.2. The predicted octanol–water partition coefficient (Wildman–Crippen LogP) is 3.62. The van der Waals surface area contributed by atoms with Crippen LogP contribution in [-0.2, 0) is 0 Å². The van der Waals surface area contributed by atoms with Crippen molar-refractivity contribution in [1.82, 2.24) is 0 Å². The summed E-state index contributed by atoms with van der Waals surface area (Å²) in [6.45, 7) is 4.31. The highest BCUT2D eigenvalue weighted by Gasteiger charge is 2.18. The average molecular weight is 305 g/mol. The Hall–Kier alpha value is 1.21. The normalized spacial score (nSPS) is 17.0. The Balaban J connectivity index is 0.000000148. The third-order valence-electron chi connectivity index (χ3n) is 0.915. The van der Waals surface area contributed by atoms with Crippen molar-refractivity contribution in [3.8, 4) is 0 Å². The standard InChI is InChI=1S/C4H7Br.C3H7I/c5-3-4-1-2-4;1-3(2)4/h4H,1-3H2;3H,1-2H3. The van der Waals surface area contributed by atoms with Crippen LogP contribution in [0.25, 0.3) is 0 Å². The molecule has 0 saturated heterocycles. The first-order valence-electron chi connectivity index (χ1n) is 3.36. The van der Waals surface area contributed by atoms with Crippen LogP contribution in [-0.4, -0.2) is 9.25 Å². The third-order valence-corrected chi connectivity index (χ3v) is 1.83. The molecular weight excluding hydrogens is 291 g/mol. The van der Waals surface area contributed by atoms with Crippen LogP contribution in [0.5, 0.6) is 0 Å². The Morgan fingerprint density at radius 3 is 1.89 bits per heavy atom. The molecule has 1 aliphatic rings. The molecule has 0 radical (unpaired) electrons. The summed E-state index contributed by atoms with van der Waals surface area (Å²) in [6.07, 6.45) is 2.93. The smallest absolute Gasteiger partial charge is 0.00596 e. The lowest BCUT2D eigenvalue weighted by Crippen LogP contribution is -1.69. The van der Waals surface area contributed by atoms with Gasteiger partial charge in [0.05, 0.1) is 0 Å². The molecule has 0 heterocycles. The van der Waals surface area contributed by atoms with E-state index in [0.29, 0.717) is 0 Å². The number of hydrogen-bond donors (Lipinski definition) is 0. The second-order valence-corrected chi connectivity index (χ2v) is 5.75. The highest BCUT2D eigenvalue weighted by Crippen LogP contribution is 2.29. The van der Waals surface area contributed by atoms with E-state index >= 15 is 0 Å². The largest absolute Gasteiger partial charge is 0.0925 e. The van der Waals surface area contributed by atoms with Crippen molar-refractivity contribution in [2.75, 3.05) is 5.33 Å². The van der Waals surface area contributed by atoms with E-state index in [0.717, 1.165) is 9.84 Å². The Morgan fingerprint density at radius 1 is 1.56 bits per heavy atom. The number of alkyl halides is 2. The molecule has 0 unspecified atom stereocenters. The number of halogens is 2. The Labute approximate surface area is 80.1 Å². The number of rotatable bonds is 1. The van der Waals surface area contributed by atoms with Crippen molar-refractivity contribution >= 4 is 38.5 Å². The van der Waals surface area contributed by atoms with Gasteiger partial charge in [0.2, 0.25) is 0 Å². The zero-order valence-corrected chi connectivity index (χ0v) is 9.78. The minimum Gasteiger partial charge on any atom is -0.0925 e. The molecule has 0 amide bonds. The maximum Gasteiger partial charge on any atom is 0.00596 e. The summed E-state index contributed by atoms with van der Waals surface area (Å²) in [5.74, 6) is 1.05. The van der Waals surface area contributed by atoms with Crippen LogP contribution < -0.4 is 0 Å². The summed E-state index contributed by atoms with van der Waals surface area (Å²) >= 11 is 5.72. The van der Waals surface area contributed by atoms with E-state index in [4.69, 9.17) is 0 Å². The molecule has 0 spiro atoms. The fourth-order valence-corrected chi connectivity index (χ4v) is 0.920. The van der Waals surface area contributed by atoms with E-state index in [1.165, 1.54) is 18.2 Å². The van der Waals surface area contributed by atoms with Crippen molar-refractivity contribution < 1.29 is 0 Å². The van der Waals surface area contributed by atoms with Gasteiger partial charge in [-0.25, -0.2) is 0 Å². The van der Waals surface area contributed by atoms with Crippen LogP contribution in [0.4, 0.5) is 0 Å². The van der Waals surface area contributed by atoms with Crippen LogP contribution in [0, 0.1) is 5.92 Å². The molecule has 0 N–H and O–H groups in total. The molecule has 0 bridgehead atoms. The van der Waals surface area contributed by atoms with Gasteiger partial charge in [-0.3, -0.25) is 0 Å². The van der Waals surface area contributed by atoms with Gasteiger partial charge >= 0.3 is 0 Å². The van der Waals surface area contributed by atoms with Crippen molar-refractivity contribution in [3.05, 3.63) is 0 Å². The molecule has 2 heteroatoms. The molecule has 0 aromatic rings. The highest BCUT2D eigenvalue weighted by molar-refractivity contribution is 14.1. The fourth-order valence-electron chi connectivity index (χ4n) is 0.272. The summed E-state index contributed by atoms with van der Waals surface area (Å²) in [7, 11) is 0. The van der Waals surface area contributed by atoms with Crippen LogP contribution in [0.3, 0.4) is 0 Å². The summed E-state index contributed by atoms with van der Waals surface area (Å²) in [5, 5.41) is 1.23. The average Bonchev–Trinajstić information content (AvgIpc) is 2.43. The molecule has 0 aliphatic heterocycles. The lowest BCUT2D eigenvalue weighted by Gasteiger charge is -1.76. The van der Waals surface area contributed by atoms with Gasteiger partial charge in [0.25, 0.3) is 0 Å². The SMILES string of the molecule is BrCC1CC1.CC(C)I. The van der Waals surface area contributed by atoms with Crippen LogP contribution >= 0.6 is 38.5 Å². The molecule has 0 atom stereocenters. The quantitative estimate of drug-likeness (QED) is 0.513. The van der Waals surface area contributed by atoms with E-state index in [1.807, 2.05) is 0 Å². The minimum atomic E-state index is 0.803. The fraction of sp³-hybridized carbons (Fsp3) is 1.00. The molecule has 9 heavy (non-hydrogen) atoms. The van der Waals surface area contributed by atoms with E-state index < -0.39 is 0 Å². The third kappa shape index (κ3) is 12.4. The van der Waals surface area contributed by atoms with Gasteiger partial charge in [0.1, 0.15) is 0 Å². The molecule has 0 aromatic heterocycles. The maximum atomic E-state index is 3.38. The van der Waals surface area contributed by atoms with Crippen LogP contribution in [0.2, 0.25) is 0 Å². The Morgan fingerprint density at radius 2 is 1.89 bits per heavy atom. The molecule has 1 rings (SSSR count). The Bertz CT molecular complexity index is 57.2.